The van der Waals surface area contributed by atoms with Crippen molar-refractivity contribution in [1.29, 1.82) is 0 Å². The van der Waals surface area contributed by atoms with Gasteiger partial charge in [-0.3, -0.25) is 19.3 Å². The predicted molar refractivity (Wildman–Crippen MR) is 126 cm³/mol. The molecule has 3 heterocycles. The lowest BCUT2D eigenvalue weighted by molar-refractivity contribution is -0.121. The monoisotopic (exact) mass is 443 g/mol. The number of nitrogens with one attached hydrogen (secondary N) is 2. The maximum absolute atomic E-state index is 12.3. The van der Waals surface area contributed by atoms with Crippen LogP contribution in [0.5, 0.6) is 0 Å². The highest BCUT2D eigenvalue weighted by atomic mass is 32.1. The third kappa shape index (κ3) is 5.77. The summed E-state index contributed by atoms with van der Waals surface area (Å²) >= 11 is 1.59. The molecule has 3 aromatic heterocycles. The van der Waals surface area contributed by atoms with E-state index in [0.717, 1.165) is 21.7 Å². The van der Waals surface area contributed by atoms with Crippen LogP contribution in [0.2, 0.25) is 0 Å². The molecule has 160 valence electrons. The van der Waals surface area contributed by atoms with Crippen molar-refractivity contribution in [1.82, 2.24) is 20.1 Å². The van der Waals surface area contributed by atoms with Crippen molar-refractivity contribution in [2.75, 3.05) is 11.9 Å². The Morgan fingerprint density at radius 2 is 1.94 bits per heavy atom. The SMILES string of the molecule is O=C(/C=C/c1cn(Cc2ccccc2)nc1-c1cccs1)NCC(=O)Nc1cccnc1. The number of aromatic nitrogens is 3. The van der Waals surface area contributed by atoms with E-state index in [1.807, 2.05) is 58.7 Å². The highest BCUT2D eigenvalue weighted by molar-refractivity contribution is 7.13. The van der Waals surface area contributed by atoms with E-state index in [4.69, 9.17) is 5.10 Å². The van der Waals surface area contributed by atoms with Crippen LogP contribution in [0.15, 0.2) is 84.6 Å². The third-order valence-corrected chi connectivity index (χ3v) is 5.39. The molecule has 1 aromatic carbocycles. The Morgan fingerprint density at radius 3 is 2.69 bits per heavy atom. The first-order valence-electron chi connectivity index (χ1n) is 9.98. The van der Waals surface area contributed by atoms with Crippen LogP contribution in [-0.2, 0) is 16.1 Å². The van der Waals surface area contributed by atoms with Gasteiger partial charge >= 0.3 is 0 Å². The second-order valence-electron chi connectivity index (χ2n) is 6.93. The number of rotatable bonds is 8. The van der Waals surface area contributed by atoms with E-state index in [2.05, 4.69) is 15.6 Å². The van der Waals surface area contributed by atoms with E-state index >= 15 is 0 Å². The van der Waals surface area contributed by atoms with Gasteiger partial charge in [0, 0.05) is 24.0 Å². The molecular formula is C24H21N5O2S. The number of thiophene rings is 1. The second-order valence-corrected chi connectivity index (χ2v) is 7.88. The molecule has 4 rings (SSSR count). The average Bonchev–Trinajstić information content (AvgIpc) is 3.47. The summed E-state index contributed by atoms with van der Waals surface area (Å²) in [7, 11) is 0. The zero-order chi connectivity index (χ0) is 22.2. The molecule has 0 spiro atoms. The summed E-state index contributed by atoms with van der Waals surface area (Å²) in [4.78, 5) is 29.2. The fraction of sp³-hybridized carbons (Fsp3) is 0.0833. The standard InChI is InChI=1S/C24H21N5O2S/c30-22(26-15-23(31)27-20-8-4-12-25-14-20)11-10-19-17-29(16-18-6-2-1-3-7-18)28-24(19)21-9-5-13-32-21/h1-14,17H,15-16H2,(H,26,30)(H,27,31)/b11-10+. The second kappa shape index (κ2) is 10.3. The Bertz CT molecular complexity index is 1200. The highest BCUT2D eigenvalue weighted by Gasteiger charge is 2.11. The summed E-state index contributed by atoms with van der Waals surface area (Å²) in [5.74, 6) is -0.686. The van der Waals surface area contributed by atoms with E-state index in [1.54, 1.807) is 41.9 Å². The van der Waals surface area contributed by atoms with Crippen LogP contribution in [0.25, 0.3) is 16.6 Å². The van der Waals surface area contributed by atoms with Crippen LogP contribution in [0.1, 0.15) is 11.1 Å². The van der Waals surface area contributed by atoms with Crippen molar-refractivity contribution >= 4 is 34.9 Å². The third-order valence-electron chi connectivity index (χ3n) is 4.51. The van der Waals surface area contributed by atoms with Gasteiger partial charge in [-0.25, -0.2) is 0 Å². The van der Waals surface area contributed by atoms with Gasteiger partial charge in [0.15, 0.2) is 0 Å². The van der Waals surface area contributed by atoms with Gasteiger partial charge in [-0.2, -0.15) is 5.10 Å². The quantitative estimate of drug-likeness (QED) is 0.405. The Balaban J connectivity index is 1.41. The zero-order valence-electron chi connectivity index (χ0n) is 17.1. The molecule has 0 radical (unpaired) electrons. The molecular weight excluding hydrogens is 422 g/mol. The molecule has 0 aliphatic carbocycles. The van der Waals surface area contributed by atoms with Crippen molar-refractivity contribution < 1.29 is 9.59 Å². The van der Waals surface area contributed by atoms with E-state index in [-0.39, 0.29) is 18.4 Å². The molecule has 0 fully saturated rings. The van der Waals surface area contributed by atoms with Gasteiger partial charge in [0.05, 0.1) is 29.9 Å². The van der Waals surface area contributed by atoms with Crippen LogP contribution in [0.3, 0.4) is 0 Å². The number of carbonyl (C=O) groups is 2. The predicted octanol–water partition coefficient (Wildman–Crippen LogP) is 3.82. The molecule has 8 heteroatoms. The molecule has 0 unspecified atom stereocenters. The summed E-state index contributed by atoms with van der Waals surface area (Å²) in [6, 6.07) is 17.5. The van der Waals surface area contributed by atoms with Crippen molar-refractivity contribution in [2.45, 2.75) is 6.54 Å². The minimum absolute atomic E-state index is 0.136. The van der Waals surface area contributed by atoms with E-state index in [9.17, 15) is 9.59 Å². The number of amides is 2. The number of nitrogens with zero attached hydrogens (tertiary/aromatic N) is 3. The van der Waals surface area contributed by atoms with Gasteiger partial charge in [-0.15, -0.1) is 11.3 Å². The van der Waals surface area contributed by atoms with E-state index in [1.165, 1.54) is 6.08 Å². The van der Waals surface area contributed by atoms with Crippen LogP contribution in [-0.4, -0.2) is 33.1 Å². The molecule has 0 aliphatic rings. The van der Waals surface area contributed by atoms with Gasteiger partial charge in [0.25, 0.3) is 0 Å². The van der Waals surface area contributed by atoms with Gasteiger partial charge in [0.2, 0.25) is 11.8 Å². The molecule has 0 saturated carbocycles. The van der Waals surface area contributed by atoms with Crippen LogP contribution < -0.4 is 10.6 Å². The Labute approximate surface area is 189 Å². The first-order valence-corrected chi connectivity index (χ1v) is 10.9. The van der Waals surface area contributed by atoms with Crippen molar-refractivity contribution in [2.24, 2.45) is 0 Å². The minimum Gasteiger partial charge on any atom is -0.343 e. The maximum Gasteiger partial charge on any atom is 0.244 e. The van der Waals surface area contributed by atoms with Crippen LogP contribution in [0.4, 0.5) is 5.69 Å². The Kier molecular flexibility index (Phi) is 6.84. The molecule has 0 saturated heterocycles. The van der Waals surface area contributed by atoms with E-state index < -0.39 is 0 Å². The number of hydrogen-bond donors (Lipinski definition) is 2. The van der Waals surface area contributed by atoms with Crippen LogP contribution in [0, 0.1) is 0 Å². The van der Waals surface area contributed by atoms with Gasteiger partial charge < -0.3 is 10.6 Å². The van der Waals surface area contributed by atoms with Crippen molar-refractivity contribution in [3.63, 3.8) is 0 Å². The number of anilines is 1. The first kappa shape index (κ1) is 21.2. The average molecular weight is 444 g/mol. The molecule has 32 heavy (non-hydrogen) atoms. The lowest BCUT2D eigenvalue weighted by atomic mass is 10.2. The molecule has 4 aromatic rings. The van der Waals surface area contributed by atoms with Crippen molar-refractivity contribution in [3.8, 4) is 10.6 Å². The number of pyridine rings is 1. The summed E-state index contributed by atoms with van der Waals surface area (Å²) in [6.07, 6.45) is 8.21. The molecule has 7 nitrogen and oxygen atoms in total. The molecule has 0 bridgehead atoms. The number of carbonyl (C=O) groups excluding carboxylic acids is 2. The molecule has 2 N–H and O–H groups in total. The number of hydrogen-bond acceptors (Lipinski definition) is 5. The van der Waals surface area contributed by atoms with E-state index in [0.29, 0.717) is 12.2 Å². The van der Waals surface area contributed by atoms with Gasteiger partial charge in [0.1, 0.15) is 5.69 Å². The highest BCUT2D eigenvalue weighted by Crippen LogP contribution is 2.27. The Hall–Kier alpha value is -4.04. The minimum atomic E-state index is -0.362. The largest absolute Gasteiger partial charge is 0.343 e. The first-order chi connectivity index (χ1) is 15.7. The summed E-state index contributed by atoms with van der Waals surface area (Å²) in [5, 5.41) is 12.0. The normalized spacial score (nSPS) is 10.9. The fourth-order valence-corrected chi connectivity index (χ4v) is 3.78. The molecule has 2 amide bonds. The summed E-state index contributed by atoms with van der Waals surface area (Å²) in [6.45, 7) is 0.497. The molecule has 0 atom stereocenters. The lowest BCUT2D eigenvalue weighted by Crippen LogP contribution is -2.31. The smallest absolute Gasteiger partial charge is 0.244 e. The van der Waals surface area contributed by atoms with Crippen LogP contribution >= 0.6 is 11.3 Å². The summed E-state index contributed by atoms with van der Waals surface area (Å²) < 4.78 is 1.86. The van der Waals surface area contributed by atoms with Gasteiger partial charge in [-0.05, 0) is 35.2 Å². The fourth-order valence-electron chi connectivity index (χ4n) is 3.05. The summed E-state index contributed by atoms with van der Waals surface area (Å²) in [5.41, 5.74) is 3.36. The maximum atomic E-state index is 12.3. The topological polar surface area (TPSA) is 88.9 Å². The zero-order valence-corrected chi connectivity index (χ0v) is 18.0. The van der Waals surface area contributed by atoms with Gasteiger partial charge in [-0.1, -0.05) is 36.4 Å². The Morgan fingerprint density at radius 1 is 1.06 bits per heavy atom. The van der Waals surface area contributed by atoms with Crippen molar-refractivity contribution in [3.05, 3.63) is 95.8 Å². The number of benzene rings is 1. The lowest BCUT2D eigenvalue weighted by Gasteiger charge is -2.04. The molecule has 0 aliphatic heterocycles.